The van der Waals surface area contributed by atoms with E-state index in [4.69, 9.17) is 9.05 Å². The maximum Gasteiger partial charge on any atom is 0.268 e. The van der Waals surface area contributed by atoms with Crippen LogP contribution in [0.3, 0.4) is 0 Å². The van der Waals surface area contributed by atoms with E-state index in [0.717, 1.165) is 128 Å². The molecule has 3 atom stereocenters. The summed E-state index contributed by atoms with van der Waals surface area (Å²) in [5.41, 5.74) is 0. The molecule has 0 fully saturated rings. The highest BCUT2D eigenvalue weighted by molar-refractivity contribution is 7.45. The Balaban J connectivity index is 4.34. The molecular formula is C61H101N2O6P. The number of carbonyl (C=O) groups is 1. The van der Waals surface area contributed by atoms with Crippen LogP contribution in [0.15, 0.2) is 146 Å². The van der Waals surface area contributed by atoms with E-state index in [1.165, 1.54) is 32.1 Å². The molecule has 8 nitrogen and oxygen atoms in total. The Morgan fingerprint density at radius 1 is 0.514 bits per heavy atom. The van der Waals surface area contributed by atoms with E-state index < -0.39 is 26.6 Å². The van der Waals surface area contributed by atoms with E-state index in [9.17, 15) is 19.4 Å². The molecule has 0 aromatic heterocycles. The first kappa shape index (κ1) is 66.4. The van der Waals surface area contributed by atoms with Crippen LogP contribution in [-0.2, 0) is 18.4 Å². The van der Waals surface area contributed by atoms with Crippen molar-refractivity contribution < 1.29 is 32.9 Å². The van der Waals surface area contributed by atoms with Crippen LogP contribution in [0.25, 0.3) is 0 Å². The Labute approximate surface area is 429 Å². The first-order valence-corrected chi connectivity index (χ1v) is 28.7. The molecule has 70 heavy (non-hydrogen) atoms. The Bertz CT molecular complexity index is 1640. The fourth-order valence-corrected chi connectivity index (χ4v) is 7.49. The second-order valence-electron chi connectivity index (χ2n) is 18.8. The van der Waals surface area contributed by atoms with Gasteiger partial charge in [0.1, 0.15) is 13.2 Å². The van der Waals surface area contributed by atoms with Crippen LogP contribution in [0.2, 0.25) is 0 Å². The fourth-order valence-electron chi connectivity index (χ4n) is 6.76. The third kappa shape index (κ3) is 52.2. The third-order valence-electron chi connectivity index (χ3n) is 11.0. The number of hydrogen-bond acceptors (Lipinski definition) is 6. The molecule has 0 rings (SSSR count). The lowest BCUT2D eigenvalue weighted by molar-refractivity contribution is -0.870. The number of rotatable bonds is 47. The smallest absolute Gasteiger partial charge is 0.268 e. The van der Waals surface area contributed by atoms with Crippen LogP contribution in [0.4, 0.5) is 0 Å². The summed E-state index contributed by atoms with van der Waals surface area (Å²) < 4.78 is 23.2. The molecule has 0 aliphatic carbocycles. The van der Waals surface area contributed by atoms with Crippen molar-refractivity contribution in [2.24, 2.45) is 0 Å². The third-order valence-corrected chi connectivity index (χ3v) is 12.0. The summed E-state index contributed by atoms with van der Waals surface area (Å²) in [6.45, 7) is 4.44. The lowest BCUT2D eigenvalue weighted by Crippen LogP contribution is -2.45. The van der Waals surface area contributed by atoms with Crippen LogP contribution in [-0.4, -0.2) is 68.5 Å². The fraction of sp³-hybridized carbons (Fsp3) is 0.590. The topological polar surface area (TPSA) is 108 Å². The van der Waals surface area contributed by atoms with E-state index in [2.05, 4.69) is 153 Å². The number of amides is 1. The molecule has 9 heteroatoms. The van der Waals surface area contributed by atoms with Crippen LogP contribution in [0.5, 0.6) is 0 Å². The van der Waals surface area contributed by atoms with Crippen molar-refractivity contribution in [1.82, 2.24) is 5.32 Å². The zero-order valence-corrected chi connectivity index (χ0v) is 45.8. The normalized spacial score (nSPS) is 15.1. The Morgan fingerprint density at radius 3 is 1.33 bits per heavy atom. The zero-order valence-electron chi connectivity index (χ0n) is 44.9. The molecule has 2 N–H and O–H groups in total. The predicted octanol–water partition coefficient (Wildman–Crippen LogP) is 15.9. The molecule has 3 unspecified atom stereocenters. The van der Waals surface area contributed by atoms with Gasteiger partial charge in [-0.3, -0.25) is 9.36 Å². The second kappa shape index (κ2) is 50.3. The van der Waals surface area contributed by atoms with Gasteiger partial charge < -0.3 is 28.8 Å². The van der Waals surface area contributed by atoms with Crippen molar-refractivity contribution >= 4 is 13.7 Å². The second-order valence-corrected chi connectivity index (χ2v) is 20.2. The summed E-state index contributed by atoms with van der Waals surface area (Å²) in [5.74, 6) is -0.238. The van der Waals surface area contributed by atoms with Crippen molar-refractivity contribution in [3.05, 3.63) is 146 Å². The summed E-state index contributed by atoms with van der Waals surface area (Å²) >= 11 is 0. The number of phosphoric acid groups is 1. The van der Waals surface area contributed by atoms with E-state index >= 15 is 0 Å². The lowest BCUT2D eigenvalue weighted by Gasteiger charge is -2.29. The minimum absolute atomic E-state index is 0.0218. The quantitative estimate of drug-likeness (QED) is 0.0272. The molecule has 0 heterocycles. The minimum atomic E-state index is -4.62. The lowest BCUT2D eigenvalue weighted by atomic mass is 10.1. The highest BCUT2D eigenvalue weighted by Gasteiger charge is 2.23. The number of likely N-dealkylation sites (N-methyl/N-ethyl adjacent to an activating group) is 1. The number of carbonyl (C=O) groups excluding carboxylic acids is 1. The molecule has 0 bridgehead atoms. The molecular weight excluding hydrogens is 888 g/mol. The van der Waals surface area contributed by atoms with E-state index in [1.807, 2.05) is 27.2 Å². The van der Waals surface area contributed by atoms with Crippen molar-refractivity contribution in [3.63, 3.8) is 0 Å². The predicted molar refractivity (Wildman–Crippen MR) is 301 cm³/mol. The van der Waals surface area contributed by atoms with Gasteiger partial charge in [0.2, 0.25) is 5.91 Å². The van der Waals surface area contributed by atoms with Crippen LogP contribution in [0, 0.1) is 0 Å². The first-order valence-electron chi connectivity index (χ1n) is 27.2. The summed E-state index contributed by atoms with van der Waals surface area (Å²) in [7, 11) is 1.19. The van der Waals surface area contributed by atoms with E-state index in [-0.39, 0.29) is 12.5 Å². The van der Waals surface area contributed by atoms with Crippen molar-refractivity contribution in [2.75, 3.05) is 40.9 Å². The monoisotopic (exact) mass is 989 g/mol. The van der Waals surface area contributed by atoms with Gasteiger partial charge in [-0.1, -0.05) is 205 Å². The molecule has 0 aliphatic rings. The molecule has 0 spiro atoms. The Kier molecular flexibility index (Phi) is 47.7. The van der Waals surface area contributed by atoms with E-state index in [1.54, 1.807) is 6.08 Å². The number of hydrogen-bond donors (Lipinski definition) is 2. The number of unbranched alkanes of at least 4 members (excludes halogenated alkanes) is 12. The molecule has 0 saturated heterocycles. The molecule has 0 saturated carbocycles. The summed E-state index contributed by atoms with van der Waals surface area (Å²) in [5, 5.41) is 13.8. The van der Waals surface area contributed by atoms with Crippen molar-refractivity contribution in [3.8, 4) is 0 Å². The maximum absolute atomic E-state index is 12.9. The van der Waals surface area contributed by atoms with Crippen LogP contribution >= 0.6 is 7.82 Å². The van der Waals surface area contributed by atoms with Gasteiger partial charge in [0, 0.05) is 6.42 Å². The molecule has 0 aromatic carbocycles. The number of aliphatic hydroxyl groups excluding tert-OH is 1. The molecule has 1 amide bonds. The van der Waals surface area contributed by atoms with Gasteiger partial charge in [-0.2, -0.15) is 0 Å². The number of nitrogens with one attached hydrogen (secondary N) is 1. The SMILES string of the molecule is CC/C=C\C/C=C\C/C=C\C/C=C\C/C=C\C/C=C\C/C=C\C/C=C\C/C=C\CCCCCCCC(=O)NC(COP(=O)([O-])OCC[N+](C)(C)C)C(O)/C=C/CC/C=C/CC/C=C/CCCCCCC. The average molecular weight is 989 g/mol. The highest BCUT2D eigenvalue weighted by Crippen LogP contribution is 2.38. The number of phosphoric ester groups is 1. The summed E-state index contributed by atoms with van der Waals surface area (Å²) in [6, 6.07) is -0.931. The number of quaternary nitrogens is 1. The Morgan fingerprint density at radius 2 is 0.886 bits per heavy atom. The van der Waals surface area contributed by atoms with Gasteiger partial charge in [-0.15, -0.1) is 0 Å². The van der Waals surface area contributed by atoms with Gasteiger partial charge in [0.25, 0.3) is 7.82 Å². The molecule has 0 aromatic rings. The van der Waals surface area contributed by atoms with Crippen LogP contribution < -0.4 is 10.2 Å². The van der Waals surface area contributed by atoms with Gasteiger partial charge in [-0.25, -0.2) is 0 Å². The molecule has 0 radical (unpaired) electrons. The highest BCUT2D eigenvalue weighted by atomic mass is 31.2. The standard InChI is InChI=1S/C61H101N2O6P/c1-6-8-10-12-14-16-18-20-22-23-24-25-26-27-28-29-30-31-32-33-34-35-36-37-38-39-41-43-45-47-49-51-53-55-61(65)62-59(58-69-70(66,67)68-57-56-63(3,4)5)60(64)54-52-50-48-46-44-42-40-21-19-17-15-13-11-9-7-2/h8,10,14,16,19-22,24-25,27-28,30-31,33-34,36-37,39,41,44,46,52,54,59-60,64H,6-7,9,11-13,15,17-18,23,26,29,32,35,38,40,42-43,45,47-51,53,55-58H2,1-5H3,(H-,62,65,66,67)/b10-8-,16-14-,21-19+,22-20-,25-24-,28-27-,31-30-,34-33-,37-36-,41-39-,46-44+,54-52+. The maximum atomic E-state index is 12.9. The Hall–Kier alpha value is -3.62. The molecule has 0 aliphatic heterocycles. The van der Waals surface area contributed by atoms with Crippen LogP contribution in [0.1, 0.15) is 181 Å². The minimum Gasteiger partial charge on any atom is -0.756 e. The van der Waals surface area contributed by atoms with Crippen molar-refractivity contribution in [2.45, 2.75) is 193 Å². The zero-order chi connectivity index (χ0) is 51.3. The average Bonchev–Trinajstić information content (AvgIpc) is 3.32. The number of aliphatic hydroxyl groups is 1. The summed E-state index contributed by atoms with van der Waals surface area (Å²) in [6.07, 6.45) is 77.7. The van der Waals surface area contributed by atoms with Gasteiger partial charge in [-0.05, 0) is 116 Å². The van der Waals surface area contributed by atoms with Gasteiger partial charge in [0.15, 0.2) is 0 Å². The molecule has 396 valence electrons. The van der Waals surface area contributed by atoms with Crippen molar-refractivity contribution in [1.29, 1.82) is 0 Å². The number of allylic oxidation sites excluding steroid dienone is 23. The van der Waals surface area contributed by atoms with E-state index in [0.29, 0.717) is 17.4 Å². The number of nitrogens with zero attached hydrogens (tertiary/aromatic N) is 1. The van der Waals surface area contributed by atoms with Gasteiger partial charge in [0.05, 0.1) is 39.9 Å². The first-order chi connectivity index (χ1) is 34.0. The largest absolute Gasteiger partial charge is 0.756 e. The van der Waals surface area contributed by atoms with Gasteiger partial charge >= 0.3 is 0 Å². The summed E-state index contributed by atoms with van der Waals surface area (Å²) in [4.78, 5) is 25.4.